The Morgan fingerprint density at radius 2 is 2.07 bits per heavy atom. The normalized spacial score (nSPS) is 17.7. The summed E-state index contributed by atoms with van der Waals surface area (Å²) in [6.07, 6.45) is -1.68. The highest BCUT2D eigenvalue weighted by Crippen LogP contribution is 2.35. The second kappa shape index (κ2) is 8.38. The Bertz CT molecular complexity index is 1040. The molecule has 1 aromatic heterocycles. The molecule has 0 radical (unpaired) electrons. The monoisotopic (exact) mass is 445 g/mol. The SMILES string of the molecule is Cc1nn(CC2CCCCO2)c(C(=O)Nc2cccc(S(C)(=O)=O)c2)c1C(F)(F)F. The molecule has 1 aliphatic rings. The smallest absolute Gasteiger partial charge is 0.376 e. The Morgan fingerprint density at radius 1 is 1.33 bits per heavy atom. The van der Waals surface area contributed by atoms with Crippen LogP contribution in [-0.2, 0) is 27.3 Å². The number of anilines is 1. The molecule has 1 atom stereocenters. The first-order chi connectivity index (χ1) is 14.0. The largest absolute Gasteiger partial charge is 0.420 e. The Hall–Kier alpha value is -2.40. The number of alkyl halides is 3. The highest BCUT2D eigenvalue weighted by molar-refractivity contribution is 7.90. The second-order valence-corrected chi connectivity index (χ2v) is 9.25. The number of aryl methyl sites for hydroxylation is 1. The van der Waals surface area contributed by atoms with Crippen LogP contribution in [0.15, 0.2) is 29.2 Å². The van der Waals surface area contributed by atoms with Crippen LogP contribution in [-0.4, -0.2) is 43.1 Å². The van der Waals surface area contributed by atoms with Crippen molar-refractivity contribution in [2.24, 2.45) is 0 Å². The van der Waals surface area contributed by atoms with Gasteiger partial charge in [-0.3, -0.25) is 9.48 Å². The van der Waals surface area contributed by atoms with Crippen LogP contribution in [0.3, 0.4) is 0 Å². The second-order valence-electron chi connectivity index (χ2n) is 7.23. The Morgan fingerprint density at radius 3 is 2.67 bits per heavy atom. The van der Waals surface area contributed by atoms with Crippen LogP contribution in [0.2, 0.25) is 0 Å². The molecule has 1 fully saturated rings. The van der Waals surface area contributed by atoms with Gasteiger partial charge < -0.3 is 10.1 Å². The van der Waals surface area contributed by atoms with Gasteiger partial charge >= 0.3 is 6.18 Å². The molecule has 11 heteroatoms. The lowest BCUT2D eigenvalue weighted by Crippen LogP contribution is -2.29. The van der Waals surface area contributed by atoms with Gasteiger partial charge in [0.05, 0.1) is 23.2 Å². The van der Waals surface area contributed by atoms with Crippen LogP contribution in [0.5, 0.6) is 0 Å². The molecule has 0 saturated carbocycles. The molecule has 30 heavy (non-hydrogen) atoms. The molecule has 1 unspecified atom stereocenters. The molecular formula is C19H22F3N3O4S. The third-order valence-corrected chi connectivity index (χ3v) is 5.91. The van der Waals surface area contributed by atoms with Gasteiger partial charge in [0.1, 0.15) is 11.3 Å². The lowest BCUT2D eigenvalue weighted by atomic mass is 10.1. The molecular weight excluding hydrogens is 423 g/mol. The van der Waals surface area contributed by atoms with Gasteiger partial charge in [0.2, 0.25) is 0 Å². The number of benzene rings is 1. The first-order valence-corrected chi connectivity index (χ1v) is 11.2. The van der Waals surface area contributed by atoms with Gasteiger partial charge in [-0.25, -0.2) is 8.42 Å². The quantitative estimate of drug-likeness (QED) is 0.762. The summed E-state index contributed by atoms with van der Waals surface area (Å²) in [5.41, 5.74) is -1.99. The van der Waals surface area contributed by atoms with E-state index in [1.165, 1.54) is 31.2 Å². The van der Waals surface area contributed by atoms with Crippen molar-refractivity contribution in [1.29, 1.82) is 0 Å². The van der Waals surface area contributed by atoms with E-state index >= 15 is 0 Å². The van der Waals surface area contributed by atoms with Gasteiger partial charge in [0.25, 0.3) is 5.91 Å². The zero-order chi connectivity index (χ0) is 22.1. The molecule has 2 aromatic rings. The van der Waals surface area contributed by atoms with Crippen LogP contribution in [0.4, 0.5) is 18.9 Å². The minimum Gasteiger partial charge on any atom is -0.376 e. The third kappa shape index (κ3) is 5.01. The molecule has 0 aliphatic carbocycles. The lowest BCUT2D eigenvalue weighted by Gasteiger charge is -2.23. The van der Waals surface area contributed by atoms with Crippen molar-refractivity contribution in [3.63, 3.8) is 0 Å². The molecule has 7 nitrogen and oxygen atoms in total. The van der Waals surface area contributed by atoms with Gasteiger partial charge in [-0.2, -0.15) is 18.3 Å². The van der Waals surface area contributed by atoms with Crippen LogP contribution in [0.1, 0.15) is 41.0 Å². The summed E-state index contributed by atoms with van der Waals surface area (Å²) >= 11 is 0. The molecule has 0 spiro atoms. The number of amides is 1. The summed E-state index contributed by atoms with van der Waals surface area (Å²) in [4.78, 5) is 12.8. The van der Waals surface area contributed by atoms with E-state index < -0.39 is 33.2 Å². The van der Waals surface area contributed by atoms with Crippen molar-refractivity contribution in [3.8, 4) is 0 Å². The van der Waals surface area contributed by atoms with Crippen molar-refractivity contribution < 1.29 is 31.1 Å². The summed E-state index contributed by atoms with van der Waals surface area (Å²) in [6, 6.07) is 5.33. The number of ether oxygens (including phenoxy) is 1. The van der Waals surface area contributed by atoms with Gasteiger partial charge in [0, 0.05) is 18.6 Å². The summed E-state index contributed by atoms with van der Waals surface area (Å²) in [5.74, 6) is -1.02. The number of carbonyl (C=O) groups is 1. The topological polar surface area (TPSA) is 90.3 Å². The number of nitrogens with one attached hydrogen (secondary N) is 1. The van der Waals surface area contributed by atoms with Crippen molar-refractivity contribution in [2.45, 2.75) is 49.9 Å². The van der Waals surface area contributed by atoms with E-state index in [9.17, 15) is 26.4 Å². The maximum absolute atomic E-state index is 13.7. The maximum Gasteiger partial charge on any atom is 0.420 e. The zero-order valence-electron chi connectivity index (χ0n) is 16.5. The zero-order valence-corrected chi connectivity index (χ0v) is 17.3. The summed E-state index contributed by atoms with van der Waals surface area (Å²) in [7, 11) is -3.55. The Labute approximate surface area is 172 Å². The number of rotatable bonds is 5. The van der Waals surface area contributed by atoms with E-state index in [4.69, 9.17) is 4.74 Å². The number of carbonyl (C=O) groups excluding carboxylic acids is 1. The van der Waals surface area contributed by atoms with Crippen LogP contribution in [0, 0.1) is 6.92 Å². The minimum absolute atomic E-state index is 0.0169. The molecule has 1 saturated heterocycles. The van der Waals surface area contributed by atoms with Gasteiger partial charge in [0.15, 0.2) is 9.84 Å². The fraction of sp³-hybridized carbons (Fsp3) is 0.474. The fourth-order valence-corrected chi connectivity index (χ4v) is 4.09. The van der Waals surface area contributed by atoms with Crippen molar-refractivity contribution in [2.75, 3.05) is 18.2 Å². The minimum atomic E-state index is -4.78. The maximum atomic E-state index is 13.7. The molecule has 0 bridgehead atoms. The number of aromatic nitrogens is 2. The molecule has 2 heterocycles. The predicted molar refractivity (Wildman–Crippen MR) is 103 cm³/mol. The van der Waals surface area contributed by atoms with E-state index in [0.29, 0.717) is 13.0 Å². The fourth-order valence-electron chi connectivity index (χ4n) is 3.42. The van der Waals surface area contributed by atoms with Crippen molar-refractivity contribution in [3.05, 3.63) is 41.2 Å². The highest BCUT2D eigenvalue weighted by Gasteiger charge is 2.41. The van der Waals surface area contributed by atoms with E-state index in [1.807, 2.05) is 0 Å². The molecule has 3 rings (SSSR count). The Balaban J connectivity index is 1.97. The molecule has 1 amide bonds. The average molecular weight is 445 g/mol. The molecule has 1 aliphatic heterocycles. The van der Waals surface area contributed by atoms with E-state index in [0.717, 1.165) is 23.8 Å². The first-order valence-electron chi connectivity index (χ1n) is 9.34. The predicted octanol–water partition coefficient (Wildman–Crippen LogP) is 3.44. The van der Waals surface area contributed by atoms with Gasteiger partial charge in [-0.1, -0.05) is 6.07 Å². The number of hydrogen-bond acceptors (Lipinski definition) is 5. The number of nitrogens with zero attached hydrogens (tertiary/aromatic N) is 2. The molecule has 1 aromatic carbocycles. The highest BCUT2D eigenvalue weighted by atomic mass is 32.2. The number of halogens is 3. The summed E-state index contributed by atoms with van der Waals surface area (Å²) < 4.78 is 71.1. The third-order valence-electron chi connectivity index (χ3n) is 4.80. The van der Waals surface area contributed by atoms with E-state index in [1.54, 1.807) is 0 Å². The van der Waals surface area contributed by atoms with Crippen molar-refractivity contribution >= 4 is 21.4 Å². The number of hydrogen-bond donors (Lipinski definition) is 1. The Kier molecular flexibility index (Phi) is 6.23. The lowest BCUT2D eigenvalue weighted by molar-refractivity contribution is -0.138. The van der Waals surface area contributed by atoms with Crippen LogP contribution >= 0.6 is 0 Å². The van der Waals surface area contributed by atoms with E-state index in [-0.39, 0.29) is 28.9 Å². The van der Waals surface area contributed by atoms with Crippen LogP contribution in [0.25, 0.3) is 0 Å². The van der Waals surface area contributed by atoms with E-state index in [2.05, 4.69) is 10.4 Å². The van der Waals surface area contributed by atoms with Gasteiger partial charge in [-0.15, -0.1) is 0 Å². The summed E-state index contributed by atoms with van der Waals surface area (Å²) in [5, 5.41) is 6.32. The van der Waals surface area contributed by atoms with Gasteiger partial charge in [-0.05, 0) is 44.4 Å². The van der Waals surface area contributed by atoms with Crippen LogP contribution < -0.4 is 5.32 Å². The average Bonchev–Trinajstić information content (AvgIpc) is 2.98. The standard InChI is InChI=1S/C19H22F3N3O4S/c1-12-16(19(20,21)22)17(25(24-12)11-14-7-3-4-9-29-14)18(26)23-13-6-5-8-15(10-13)30(2,27)28/h5-6,8,10,14H,3-4,7,9,11H2,1-2H3,(H,23,26). The molecule has 1 N–H and O–H groups in total. The molecule has 164 valence electrons. The first kappa shape index (κ1) is 22.3. The van der Waals surface area contributed by atoms with Crippen molar-refractivity contribution in [1.82, 2.24) is 9.78 Å². The number of sulfone groups is 1. The summed E-state index contributed by atoms with van der Waals surface area (Å²) in [6.45, 7) is 1.72.